The van der Waals surface area contributed by atoms with Crippen LogP contribution in [0.25, 0.3) is 0 Å². The normalized spacial score (nSPS) is 24.1. The molecule has 0 aliphatic heterocycles. The maximum atomic E-state index is 11.8. The van der Waals surface area contributed by atoms with Crippen molar-refractivity contribution in [3.63, 3.8) is 0 Å². The number of hydrogen-bond donors (Lipinski definition) is 1. The van der Waals surface area contributed by atoms with Gasteiger partial charge in [0.15, 0.2) is 0 Å². The molecule has 0 aromatic heterocycles. The highest BCUT2D eigenvalue weighted by Gasteiger charge is 2.44. The molecule has 0 saturated heterocycles. The average Bonchev–Trinajstić information content (AvgIpc) is 2.96. The number of benzene rings is 1. The second-order valence-electron chi connectivity index (χ2n) is 4.73. The van der Waals surface area contributed by atoms with E-state index in [1.807, 2.05) is 24.3 Å². The molecule has 1 N–H and O–H groups in total. The fourth-order valence-corrected chi connectivity index (χ4v) is 2.78. The van der Waals surface area contributed by atoms with Crippen LogP contribution in [0, 0.1) is 5.92 Å². The van der Waals surface area contributed by atoms with Crippen molar-refractivity contribution in [1.82, 2.24) is 0 Å². The van der Waals surface area contributed by atoms with E-state index in [0.717, 1.165) is 17.3 Å². The van der Waals surface area contributed by atoms with E-state index in [4.69, 9.17) is 5.11 Å². The molecule has 0 spiro atoms. The largest absolute Gasteiger partial charge is 0.481 e. The number of carboxylic acid groups (broad SMARTS) is 1. The van der Waals surface area contributed by atoms with Crippen LogP contribution >= 0.6 is 7.14 Å². The minimum atomic E-state index is -2.20. The standard InChI is InChI=1S/C12H15O3P/c1-16(2,15)9-5-3-8(4-6-9)10-7-11(10)12(13)14/h3-6,10-11H,7H2,1-2H3,(H,13,14). The summed E-state index contributed by atoms with van der Waals surface area (Å²) in [6, 6.07) is 7.52. The number of rotatable bonds is 3. The van der Waals surface area contributed by atoms with Crippen molar-refractivity contribution in [1.29, 1.82) is 0 Å². The van der Waals surface area contributed by atoms with Crippen LogP contribution in [-0.4, -0.2) is 24.4 Å². The minimum absolute atomic E-state index is 0.152. The Kier molecular flexibility index (Phi) is 2.67. The molecule has 86 valence electrons. The van der Waals surface area contributed by atoms with Crippen LogP contribution in [-0.2, 0) is 9.36 Å². The highest BCUT2D eigenvalue weighted by molar-refractivity contribution is 7.70. The molecule has 0 amide bonds. The van der Waals surface area contributed by atoms with Gasteiger partial charge in [-0.2, -0.15) is 0 Å². The van der Waals surface area contributed by atoms with Gasteiger partial charge < -0.3 is 9.67 Å². The molecule has 0 radical (unpaired) electrons. The van der Waals surface area contributed by atoms with Crippen molar-refractivity contribution >= 4 is 18.4 Å². The first-order valence-electron chi connectivity index (χ1n) is 5.28. The number of hydrogen-bond acceptors (Lipinski definition) is 2. The second kappa shape index (κ2) is 3.74. The third-order valence-corrected chi connectivity index (χ3v) is 4.59. The zero-order valence-corrected chi connectivity index (χ0v) is 10.3. The maximum Gasteiger partial charge on any atom is 0.307 e. The molecule has 2 atom stereocenters. The molecule has 3 nitrogen and oxygen atoms in total. The van der Waals surface area contributed by atoms with Gasteiger partial charge in [-0.25, -0.2) is 0 Å². The Labute approximate surface area is 94.9 Å². The molecule has 1 aliphatic rings. The smallest absolute Gasteiger partial charge is 0.307 e. The lowest BCUT2D eigenvalue weighted by molar-refractivity contribution is -0.138. The monoisotopic (exact) mass is 238 g/mol. The van der Waals surface area contributed by atoms with E-state index in [9.17, 15) is 9.36 Å². The molecule has 1 aromatic rings. The van der Waals surface area contributed by atoms with Gasteiger partial charge in [-0.05, 0) is 31.2 Å². The molecule has 1 saturated carbocycles. The van der Waals surface area contributed by atoms with E-state index in [1.54, 1.807) is 13.3 Å². The van der Waals surface area contributed by atoms with Crippen LogP contribution in [0.2, 0.25) is 0 Å². The summed E-state index contributed by atoms with van der Waals surface area (Å²) in [4.78, 5) is 10.7. The Morgan fingerprint density at radius 1 is 1.31 bits per heavy atom. The molecule has 1 aromatic carbocycles. The second-order valence-corrected chi connectivity index (χ2v) is 7.95. The van der Waals surface area contributed by atoms with Gasteiger partial charge in [-0.3, -0.25) is 4.79 Å². The molecular weight excluding hydrogens is 223 g/mol. The summed E-state index contributed by atoms with van der Waals surface area (Å²) >= 11 is 0. The molecule has 4 heteroatoms. The lowest BCUT2D eigenvalue weighted by Gasteiger charge is -2.07. The van der Waals surface area contributed by atoms with Crippen LogP contribution in [0.4, 0.5) is 0 Å². The zero-order chi connectivity index (χ0) is 11.9. The van der Waals surface area contributed by atoms with Crippen molar-refractivity contribution < 1.29 is 14.5 Å². The van der Waals surface area contributed by atoms with Gasteiger partial charge in [0.05, 0.1) is 5.92 Å². The van der Waals surface area contributed by atoms with E-state index in [-0.39, 0.29) is 11.8 Å². The quantitative estimate of drug-likeness (QED) is 0.820. The summed E-state index contributed by atoms with van der Waals surface area (Å²) in [5.74, 6) is -0.786. The molecule has 0 heterocycles. The van der Waals surface area contributed by atoms with Gasteiger partial charge in [0.2, 0.25) is 0 Å². The van der Waals surface area contributed by atoms with Crippen LogP contribution in [0.3, 0.4) is 0 Å². The number of carbonyl (C=O) groups is 1. The highest BCUT2D eigenvalue weighted by atomic mass is 31.2. The lowest BCUT2D eigenvalue weighted by atomic mass is 10.1. The van der Waals surface area contributed by atoms with Crippen LogP contribution in [0.5, 0.6) is 0 Å². The first-order valence-corrected chi connectivity index (χ1v) is 7.88. The van der Waals surface area contributed by atoms with Gasteiger partial charge in [0, 0.05) is 5.30 Å². The van der Waals surface area contributed by atoms with E-state index in [1.165, 1.54) is 0 Å². The Bertz CT molecular complexity index is 458. The minimum Gasteiger partial charge on any atom is -0.481 e. The third kappa shape index (κ3) is 2.19. The van der Waals surface area contributed by atoms with Crippen molar-refractivity contribution in [2.45, 2.75) is 12.3 Å². The SMILES string of the molecule is CP(C)(=O)c1ccc(C2CC2C(=O)O)cc1. The maximum absolute atomic E-state index is 11.8. The fourth-order valence-electron chi connectivity index (χ4n) is 1.92. The molecule has 1 fully saturated rings. The Hall–Kier alpha value is -1.08. The van der Waals surface area contributed by atoms with Crippen LogP contribution < -0.4 is 5.30 Å². The summed E-state index contributed by atoms with van der Waals surface area (Å²) < 4.78 is 11.8. The third-order valence-electron chi connectivity index (χ3n) is 3.05. The Morgan fingerprint density at radius 3 is 2.25 bits per heavy atom. The summed E-state index contributed by atoms with van der Waals surface area (Å²) in [6.07, 6.45) is 0.727. The number of carboxylic acids is 1. The van der Waals surface area contributed by atoms with Crippen LogP contribution in [0.15, 0.2) is 24.3 Å². The van der Waals surface area contributed by atoms with Gasteiger partial charge in [0.25, 0.3) is 0 Å². The van der Waals surface area contributed by atoms with Crippen LogP contribution in [0.1, 0.15) is 17.9 Å². The molecule has 16 heavy (non-hydrogen) atoms. The summed E-state index contributed by atoms with van der Waals surface area (Å²) in [5, 5.41) is 9.68. The predicted molar refractivity (Wildman–Crippen MR) is 64.0 cm³/mol. The first-order chi connectivity index (χ1) is 7.39. The number of aliphatic carboxylic acids is 1. The van der Waals surface area contributed by atoms with Crippen molar-refractivity contribution in [3.8, 4) is 0 Å². The Morgan fingerprint density at radius 2 is 1.88 bits per heavy atom. The molecular formula is C12H15O3P. The topological polar surface area (TPSA) is 54.4 Å². The van der Waals surface area contributed by atoms with Gasteiger partial charge in [-0.1, -0.05) is 24.3 Å². The van der Waals surface area contributed by atoms with Crippen molar-refractivity contribution in [2.24, 2.45) is 5.92 Å². The van der Waals surface area contributed by atoms with Crippen molar-refractivity contribution in [2.75, 3.05) is 13.3 Å². The summed E-state index contributed by atoms with van der Waals surface area (Å²) in [5.41, 5.74) is 1.05. The molecule has 0 bridgehead atoms. The molecule has 2 unspecified atom stereocenters. The fraction of sp³-hybridized carbons (Fsp3) is 0.417. The zero-order valence-electron chi connectivity index (χ0n) is 9.38. The summed E-state index contributed by atoms with van der Waals surface area (Å²) in [7, 11) is -2.20. The Balaban J connectivity index is 2.16. The highest BCUT2D eigenvalue weighted by Crippen LogP contribution is 2.47. The van der Waals surface area contributed by atoms with E-state index in [0.29, 0.717) is 0 Å². The van der Waals surface area contributed by atoms with Gasteiger partial charge in [0.1, 0.15) is 7.14 Å². The molecule has 1 aliphatic carbocycles. The lowest BCUT2D eigenvalue weighted by Crippen LogP contribution is -2.03. The van der Waals surface area contributed by atoms with Crippen molar-refractivity contribution in [3.05, 3.63) is 29.8 Å². The average molecular weight is 238 g/mol. The predicted octanol–water partition coefficient (Wildman–Crippen LogP) is 2.12. The van der Waals surface area contributed by atoms with Gasteiger partial charge in [-0.15, -0.1) is 0 Å². The molecule has 2 rings (SSSR count). The van der Waals surface area contributed by atoms with Gasteiger partial charge >= 0.3 is 5.97 Å². The summed E-state index contributed by atoms with van der Waals surface area (Å²) in [6.45, 7) is 3.47. The van der Waals surface area contributed by atoms with E-state index < -0.39 is 13.1 Å². The first kappa shape index (κ1) is 11.4. The van der Waals surface area contributed by atoms with E-state index >= 15 is 0 Å². The van der Waals surface area contributed by atoms with E-state index in [2.05, 4.69) is 0 Å².